The molecule has 0 saturated heterocycles. The van der Waals surface area contributed by atoms with Crippen LogP contribution in [0.3, 0.4) is 0 Å². The van der Waals surface area contributed by atoms with E-state index in [1.165, 1.54) is 0 Å². The molecule has 0 aliphatic heterocycles. The first-order valence-corrected chi connectivity index (χ1v) is 2.99. The molecule has 2 nitrogen and oxygen atoms in total. The van der Waals surface area contributed by atoms with E-state index in [4.69, 9.17) is 5.41 Å². The summed E-state index contributed by atoms with van der Waals surface area (Å²) in [5.41, 5.74) is 1.03. The van der Waals surface area contributed by atoms with Crippen LogP contribution in [0.4, 0.5) is 0 Å². The average molecular weight is 132 g/mol. The maximum Gasteiger partial charge on any atom is 0.0380 e. The lowest BCUT2D eigenvalue weighted by Gasteiger charge is -1.78. The van der Waals surface area contributed by atoms with Gasteiger partial charge in [-0.2, -0.15) is 0 Å². The van der Waals surface area contributed by atoms with Crippen LogP contribution >= 0.6 is 0 Å². The van der Waals surface area contributed by atoms with Gasteiger partial charge in [-0.15, -0.1) is 0 Å². The van der Waals surface area contributed by atoms with Crippen molar-refractivity contribution in [1.82, 2.24) is 4.98 Å². The summed E-state index contributed by atoms with van der Waals surface area (Å²) < 4.78 is 0. The Bertz CT molecular complexity index is 251. The standard InChI is InChI=1S/C8H8N2/c9-6-2-1-4-8-5-3-7-10-8/h1-5,7,9-10H. The van der Waals surface area contributed by atoms with E-state index in [0.29, 0.717) is 0 Å². The zero-order valence-corrected chi connectivity index (χ0v) is 5.46. The highest BCUT2D eigenvalue weighted by molar-refractivity contribution is 5.56. The highest BCUT2D eigenvalue weighted by Gasteiger charge is 1.79. The van der Waals surface area contributed by atoms with Gasteiger partial charge in [0.25, 0.3) is 0 Å². The average Bonchev–Trinajstić information content (AvgIpc) is 2.41. The second-order valence-corrected chi connectivity index (χ2v) is 1.80. The van der Waals surface area contributed by atoms with Crippen molar-refractivity contribution in [2.24, 2.45) is 0 Å². The van der Waals surface area contributed by atoms with Gasteiger partial charge in [-0.05, 0) is 30.2 Å². The Kier molecular flexibility index (Phi) is 2.30. The van der Waals surface area contributed by atoms with Gasteiger partial charge in [-0.25, -0.2) is 0 Å². The Morgan fingerprint density at radius 3 is 3.10 bits per heavy atom. The van der Waals surface area contributed by atoms with E-state index in [1.807, 2.05) is 24.4 Å². The topological polar surface area (TPSA) is 39.6 Å². The Labute approximate surface area is 59.4 Å². The predicted molar refractivity (Wildman–Crippen MR) is 42.1 cm³/mol. The third kappa shape index (κ3) is 1.77. The van der Waals surface area contributed by atoms with Crippen LogP contribution in [0.5, 0.6) is 0 Å². The van der Waals surface area contributed by atoms with Crippen LogP contribution in [0, 0.1) is 5.41 Å². The number of hydrogen-bond acceptors (Lipinski definition) is 1. The van der Waals surface area contributed by atoms with E-state index in [0.717, 1.165) is 5.69 Å². The Morgan fingerprint density at radius 2 is 2.50 bits per heavy atom. The van der Waals surface area contributed by atoms with Gasteiger partial charge in [-0.3, -0.25) is 5.41 Å². The molecule has 1 aromatic rings. The maximum atomic E-state index is 6.56. The summed E-state index contributed by atoms with van der Waals surface area (Å²) in [5.74, 6) is 2.15. The first kappa shape index (κ1) is 6.59. The normalized spacial score (nSPS) is 9.60. The monoisotopic (exact) mass is 132 g/mol. The molecule has 0 radical (unpaired) electrons. The lowest BCUT2D eigenvalue weighted by atomic mass is 10.4. The molecule has 0 amide bonds. The van der Waals surface area contributed by atoms with Crippen LogP contribution in [-0.4, -0.2) is 10.9 Å². The minimum atomic E-state index is 1.03. The minimum absolute atomic E-state index is 1.03. The summed E-state index contributed by atoms with van der Waals surface area (Å²) in [7, 11) is 0. The molecule has 0 aliphatic carbocycles. The van der Waals surface area contributed by atoms with Crippen LogP contribution in [0.2, 0.25) is 0 Å². The smallest absolute Gasteiger partial charge is 0.0380 e. The lowest BCUT2D eigenvalue weighted by Crippen LogP contribution is -1.64. The fourth-order valence-corrected chi connectivity index (χ4v) is 0.648. The molecule has 0 aromatic carbocycles. The van der Waals surface area contributed by atoms with Gasteiger partial charge in [0.1, 0.15) is 0 Å². The molecule has 1 heterocycles. The third-order valence-corrected chi connectivity index (χ3v) is 1.08. The summed E-state index contributed by atoms with van der Waals surface area (Å²) in [6.07, 6.45) is 7.04. The number of hydrogen-bond donors (Lipinski definition) is 2. The van der Waals surface area contributed by atoms with Gasteiger partial charge in [0.2, 0.25) is 0 Å². The summed E-state index contributed by atoms with van der Waals surface area (Å²) in [6, 6.07) is 3.88. The van der Waals surface area contributed by atoms with E-state index >= 15 is 0 Å². The highest BCUT2D eigenvalue weighted by Crippen LogP contribution is 1.95. The fraction of sp³-hybridized carbons (Fsp3) is 0. The molecule has 0 spiro atoms. The van der Waals surface area contributed by atoms with E-state index in [-0.39, 0.29) is 0 Å². The van der Waals surface area contributed by atoms with Gasteiger partial charge in [0.05, 0.1) is 0 Å². The highest BCUT2D eigenvalue weighted by atomic mass is 14.7. The van der Waals surface area contributed by atoms with E-state index in [9.17, 15) is 0 Å². The zero-order valence-electron chi connectivity index (χ0n) is 5.46. The molecule has 0 saturated carbocycles. The quantitative estimate of drug-likeness (QED) is 0.455. The Hall–Kier alpha value is -1.53. The van der Waals surface area contributed by atoms with E-state index < -0.39 is 0 Å². The molecule has 0 bridgehead atoms. The SMILES string of the molecule is N=C=CC=Cc1ccc[nH]1. The van der Waals surface area contributed by atoms with Crippen LogP contribution in [0.25, 0.3) is 6.08 Å². The molecule has 1 rings (SSSR count). The molecule has 1 aromatic heterocycles. The number of allylic oxidation sites excluding steroid dienone is 2. The zero-order chi connectivity index (χ0) is 7.23. The largest absolute Gasteiger partial charge is 0.362 e. The molecule has 0 unspecified atom stereocenters. The van der Waals surface area contributed by atoms with Gasteiger partial charge < -0.3 is 4.98 Å². The predicted octanol–water partition coefficient (Wildman–Crippen LogP) is 1.83. The van der Waals surface area contributed by atoms with Crippen LogP contribution < -0.4 is 0 Å². The summed E-state index contributed by atoms with van der Waals surface area (Å²) >= 11 is 0. The first-order valence-electron chi connectivity index (χ1n) is 2.99. The van der Waals surface area contributed by atoms with Crippen molar-refractivity contribution in [3.8, 4) is 0 Å². The van der Waals surface area contributed by atoms with Gasteiger partial charge in [0.15, 0.2) is 0 Å². The van der Waals surface area contributed by atoms with E-state index in [2.05, 4.69) is 10.9 Å². The van der Waals surface area contributed by atoms with Gasteiger partial charge in [-0.1, -0.05) is 6.08 Å². The van der Waals surface area contributed by atoms with Crippen molar-refractivity contribution < 1.29 is 0 Å². The lowest BCUT2D eigenvalue weighted by molar-refractivity contribution is 1.38. The van der Waals surface area contributed by atoms with Crippen molar-refractivity contribution in [3.63, 3.8) is 0 Å². The number of aromatic nitrogens is 1. The molecule has 2 N–H and O–H groups in total. The van der Waals surface area contributed by atoms with Crippen molar-refractivity contribution in [2.45, 2.75) is 0 Å². The molecular formula is C8H8N2. The third-order valence-electron chi connectivity index (χ3n) is 1.08. The first-order chi connectivity index (χ1) is 4.93. The number of H-pyrrole nitrogens is 1. The van der Waals surface area contributed by atoms with E-state index in [1.54, 1.807) is 12.2 Å². The molecule has 0 fully saturated rings. The molecule has 2 heteroatoms. The number of aromatic amines is 1. The van der Waals surface area contributed by atoms with Crippen molar-refractivity contribution in [2.75, 3.05) is 0 Å². The number of rotatable bonds is 2. The molecule has 50 valence electrons. The maximum absolute atomic E-state index is 6.56. The Balaban J connectivity index is 2.63. The fourth-order valence-electron chi connectivity index (χ4n) is 0.648. The summed E-state index contributed by atoms with van der Waals surface area (Å²) in [6.45, 7) is 0. The van der Waals surface area contributed by atoms with Crippen LogP contribution in [0.15, 0.2) is 30.5 Å². The molecule has 0 atom stereocenters. The van der Waals surface area contributed by atoms with Crippen LogP contribution in [0.1, 0.15) is 5.69 Å². The van der Waals surface area contributed by atoms with Crippen molar-refractivity contribution >= 4 is 11.9 Å². The molecular weight excluding hydrogens is 124 g/mol. The van der Waals surface area contributed by atoms with Crippen LogP contribution in [-0.2, 0) is 0 Å². The van der Waals surface area contributed by atoms with Crippen molar-refractivity contribution in [3.05, 3.63) is 36.2 Å². The van der Waals surface area contributed by atoms with Gasteiger partial charge in [0, 0.05) is 11.9 Å². The second kappa shape index (κ2) is 3.49. The van der Waals surface area contributed by atoms with Crippen molar-refractivity contribution in [1.29, 1.82) is 5.41 Å². The second-order valence-electron chi connectivity index (χ2n) is 1.80. The van der Waals surface area contributed by atoms with Gasteiger partial charge >= 0.3 is 0 Å². The molecule has 10 heavy (non-hydrogen) atoms. The Morgan fingerprint density at radius 1 is 1.60 bits per heavy atom. The molecule has 0 aliphatic rings. The summed E-state index contributed by atoms with van der Waals surface area (Å²) in [5, 5.41) is 6.56. The summed E-state index contributed by atoms with van der Waals surface area (Å²) in [4.78, 5) is 3.00. The minimum Gasteiger partial charge on any atom is -0.362 e. The number of nitrogens with one attached hydrogen (secondary N) is 2.